The summed E-state index contributed by atoms with van der Waals surface area (Å²) in [5.41, 5.74) is 7.82. The van der Waals surface area contributed by atoms with Gasteiger partial charge in [0.05, 0.1) is 10.6 Å². The number of benzene rings is 1. The second kappa shape index (κ2) is 10.4. The minimum absolute atomic E-state index is 0.0828. The zero-order valence-electron chi connectivity index (χ0n) is 14.8. The topological polar surface area (TPSA) is 76.5 Å². The van der Waals surface area contributed by atoms with Crippen LogP contribution in [0, 0.1) is 0 Å². The van der Waals surface area contributed by atoms with E-state index in [9.17, 15) is 0 Å². The van der Waals surface area contributed by atoms with Crippen LogP contribution in [0.15, 0.2) is 54.4 Å². The van der Waals surface area contributed by atoms with Crippen molar-refractivity contribution in [2.75, 3.05) is 20.3 Å². The number of nitrogens with two attached hydrogens (primary N) is 2. The molecule has 1 heterocycles. The van der Waals surface area contributed by atoms with Crippen molar-refractivity contribution in [2.45, 2.75) is 12.5 Å². The largest absolute Gasteiger partial charge is 0.477 e. The van der Waals surface area contributed by atoms with Crippen LogP contribution in [-0.4, -0.2) is 31.4 Å². The predicted molar refractivity (Wildman–Crippen MR) is 111 cm³/mol. The van der Waals surface area contributed by atoms with Crippen molar-refractivity contribution in [2.24, 2.45) is 11.6 Å². The van der Waals surface area contributed by atoms with Gasteiger partial charge < -0.3 is 15.5 Å². The summed E-state index contributed by atoms with van der Waals surface area (Å²) in [5, 5.41) is 7.57. The lowest BCUT2D eigenvalue weighted by Gasteiger charge is -2.18. The zero-order valence-corrected chi connectivity index (χ0v) is 16.4. The van der Waals surface area contributed by atoms with E-state index in [0.717, 1.165) is 33.3 Å². The van der Waals surface area contributed by atoms with Gasteiger partial charge in [-0.25, -0.2) is 5.84 Å². The average Bonchev–Trinajstić information content (AvgIpc) is 3.08. The fourth-order valence-electron chi connectivity index (χ4n) is 2.43. The summed E-state index contributed by atoms with van der Waals surface area (Å²) < 4.78 is 5.79. The molecule has 0 amide bonds. The van der Waals surface area contributed by atoms with E-state index in [1.54, 1.807) is 29.5 Å². The van der Waals surface area contributed by atoms with Gasteiger partial charge in [-0.15, -0.1) is 11.3 Å². The van der Waals surface area contributed by atoms with E-state index in [2.05, 4.69) is 11.9 Å². The maximum absolute atomic E-state index is 6.21. The third-order valence-electron chi connectivity index (χ3n) is 3.80. The van der Waals surface area contributed by atoms with Crippen LogP contribution in [0.1, 0.15) is 10.4 Å². The van der Waals surface area contributed by atoms with Crippen LogP contribution >= 0.6 is 22.9 Å². The Morgan fingerprint density at radius 1 is 1.46 bits per heavy atom. The Labute approximate surface area is 163 Å². The lowest BCUT2D eigenvalue weighted by Crippen LogP contribution is -2.40. The number of rotatable bonds is 10. The molecule has 2 rings (SSSR count). The maximum Gasteiger partial charge on any atom is 0.139 e. The summed E-state index contributed by atoms with van der Waals surface area (Å²) in [7, 11) is 1.79. The van der Waals surface area contributed by atoms with Gasteiger partial charge in [-0.05, 0) is 24.1 Å². The molecule has 5 N–H and O–H groups in total. The summed E-state index contributed by atoms with van der Waals surface area (Å²) in [6.07, 6.45) is 4.32. The minimum Gasteiger partial charge on any atom is -0.477 e. The quantitative estimate of drug-likeness (QED) is 0.250. The highest BCUT2D eigenvalue weighted by Crippen LogP contribution is 2.28. The smallest absolute Gasteiger partial charge is 0.139 e. The molecule has 0 radical (unpaired) electrons. The molecule has 140 valence electrons. The molecule has 1 aromatic heterocycles. The molecule has 0 saturated heterocycles. The van der Waals surface area contributed by atoms with Gasteiger partial charge in [-0.3, -0.25) is 5.32 Å². The second-order valence-electron chi connectivity index (χ2n) is 5.77. The number of hydrogen-bond donors (Lipinski definition) is 3. The molecule has 1 aromatic carbocycles. The van der Waals surface area contributed by atoms with Crippen molar-refractivity contribution in [3.05, 3.63) is 69.9 Å². The van der Waals surface area contributed by atoms with Gasteiger partial charge in [0.25, 0.3) is 0 Å². The average molecular weight is 393 g/mol. The number of allylic oxidation sites excluding steroid dienone is 2. The number of hydrogen-bond acceptors (Lipinski definition) is 6. The third kappa shape index (κ3) is 5.86. The van der Waals surface area contributed by atoms with Gasteiger partial charge in [-0.1, -0.05) is 42.5 Å². The van der Waals surface area contributed by atoms with Crippen LogP contribution in [0.2, 0.25) is 5.02 Å². The number of nitrogens with one attached hydrogen (secondary N) is 1. The Kier molecular flexibility index (Phi) is 8.15. The molecule has 0 aliphatic rings. The van der Waals surface area contributed by atoms with Crippen LogP contribution in [0.5, 0.6) is 5.75 Å². The molecule has 7 heteroatoms. The molecule has 0 spiro atoms. The van der Waals surface area contributed by atoms with Gasteiger partial charge in [0.1, 0.15) is 12.5 Å². The Morgan fingerprint density at radius 2 is 2.23 bits per heavy atom. The summed E-state index contributed by atoms with van der Waals surface area (Å²) in [5.74, 6) is 6.63. The first-order chi connectivity index (χ1) is 12.5. The monoisotopic (exact) mass is 392 g/mol. The van der Waals surface area contributed by atoms with Gasteiger partial charge >= 0.3 is 0 Å². The normalized spacial score (nSPS) is 12.7. The molecular formula is C19H25ClN4OS. The lowest BCUT2D eigenvalue weighted by atomic mass is 10.1. The van der Waals surface area contributed by atoms with E-state index in [0.29, 0.717) is 13.3 Å². The maximum atomic E-state index is 6.21. The van der Waals surface area contributed by atoms with Crippen molar-refractivity contribution < 1.29 is 4.74 Å². The van der Waals surface area contributed by atoms with Crippen molar-refractivity contribution >= 4 is 28.6 Å². The number of nitrogens with zero attached hydrogens (tertiary/aromatic N) is 1. The van der Waals surface area contributed by atoms with Crippen molar-refractivity contribution in [1.82, 2.24) is 10.3 Å². The Bertz CT molecular complexity index is 745. The second-order valence-corrected chi connectivity index (χ2v) is 7.08. The number of hydrazine groups is 1. The van der Waals surface area contributed by atoms with Gasteiger partial charge in [-0.2, -0.15) is 0 Å². The summed E-state index contributed by atoms with van der Waals surface area (Å²) >= 11 is 7.78. The van der Waals surface area contributed by atoms with Crippen LogP contribution in [0.4, 0.5) is 0 Å². The van der Waals surface area contributed by atoms with E-state index in [4.69, 9.17) is 27.9 Å². The molecular weight excluding hydrogens is 368 g/mol. The standard InChI is InChI=1S/C19H25ClN4OS/c1-3-6-18(24(2)22)19-10-16(12-26-19)25-13-23-15(11-21)9-14-7-4-5-8-17(14)20/h3-8,10,12,15,23H,1,9,11,13,21-22H2,2H3/b18-6-/t15-/m0/s1. The first kappa shape index (κ1) is 20.5. The highest BCUT2D eigenvalue weighted by Gasteiger charge is 2.11. The molecule has 0 saturated carbocycles. The van der Waals surface area contributed by atoms with Crippen molar-refractivity contribution in [1.29, 1.82) is 0 Å². The molecule has 1 atom stereocenters. The minimum atomic E-state index is 0.0828. The molecule has 2 aromatic rings. The molecule has 5 nitrogen and oxygen atoms in total. The summed E-state index contributed by atoms with van der Waals surface area (Å²) in [4.78, 5) is 1.01. The van der Waals surface area contributed by atoms with E-state index in [1.165, 1.54) is 0 Å². The Morgan fingerprint density at radius 3 is 2.88 bits per heavy atom. The highest BCUT2D eigenvalue weighted by molar-refractivity contribution is 7.11. The van der Waals surface area contributed by atoms with Gasteiger partial charge in [0, 0.05) is 36.1 Å². The number of ether oxygens (including phenoxy) is 1. The molecule has 0 unspecified atom stereocenters. The van der Waals surface area contributed by atoms with E-state index in [1.807, 2.05) is 41.8 Å². The summed E-state index contributed by atoms with van der Waals surface area (Å²) in [6.45, 7) is 4.57. The van der Waals surface area contributed by atoms with Crippen LogP contribution in [0.3, 0.4) is 0 Å². The van der Waals surface area contributed by atoms with Crippen molar-refractivity contribution in [3.63, 3.8) is 0 Å². The van der Waals surface area contributed by atoms with E-state index < -0.39 is 0 Å². The molecule has 0 bridgehead atoms. The first-order valence-electron chi connectivity index (χ1n) is 8.24. The lowest BCUT2D eigenvalue weighted by molar-refractivity contribution is 0.263. The number of halogens is 1. The molecule has 0 fully saturated rings. The molecule has 26 heavy (non-hydrogen) atoms. The fraction of sp³-hybridized carbons (Fsp3) is 0.263. The summed E-state index contributed by atoms with van der Waals surface area (Å²) in [6, 6.07) is 9.82. The van der Waals surface area contributed by atoms with Crippen LogP contribution in [0.25, 0.3) is 5.70 Å². The van der Waals surface area contributed by atoms with Gasteiger partial charge in [0.15, 0.2) is 0 Å². The Balaban J connectivity index is 1.89. The highest BCUT2D eigenvalue weighted by atomic mass is 35.5. The van der Waals surface area contributed by atoms with Gasteiger partial charge in [0.2, 0.25) is 0 Å². The SMILES string of the molecule is C=C/C=C(/c1cc(OCN[C@H](CN)Cc2ccccc2Cl)cs1)N(C)N. The fourth-order valence-corrected chi connectivity index (χ4v) is 3.53. The molecule has 0 aliphatic carbocycles. The zero-order chi connectivity index (χ0) is 18.9. The number of thiophene rings is 1. The van der Waals surface area contributed by atoms with E-state index >= 15 is 0 Å². The Hall–Kier alpha value is -1.83. The predicted octanol–water partition coefficient (Wildman–Crippen LogP) is 3.23. The van der Waals surface area contributed by atoms with Crippen LogP contribution in [-0.2, 0) is 6.42 Å². The molecule has 0 aliphatic heterocycles. The van der Waals surface area contributed by atoms with Crippen LogP contribution < -0.4 is 21.6 Å². The van der Waals surface area contributed by atoms with E-state index in [-0.39, 0.29) is 6.04 Å². The third-order valence-corrected chi connectivity index (χ3v) is 5.10. The van der Waals surface area contributed by atoms with Crippen molar-refractivity contribution in [3.8, 4) is 5.75 Å². The first-order valence-corrected chi connectivity index (χ1v) is 9.50.